The number of imide groups is 2. The predicted octanol–water partition coefficient (Wildman–Crippen LogP) is 17.5. The van der Waals surface area contributed by atoms with Crippen molar-refractivity contribution in [3.8, 4) is 0 Å². The summed E-state index contributed by atoms with van der Waals surface area (Å²) in [4.78, 5) is 70.7. The van der Waals surface area contributed by atoms with Crippen LogP contribution in [0, 0.1) is 0 Å². The van der Waals surface area contributed by atoms with Crippen molar-refractivity contribution in [1.82, 2.24) is 14.7 Å². The molecule has 2 fully saturated rings. The highest BCUT2D eigenvalue weighted by atomic mass is 16.2. The Morgan fingerprint density at radius 3 is 1.67 bits per heavy atom. The molecule has 7 aromatic rings. The Kier molecular flexibility index (Phi) is 15.2. The van der Waals surface area contributed by atoms with Gasteiger partial charge in [0.25, 0.3) is 23.6 Å². The molecule has 8 aliphatic rings. The van der Waals surface area contributed by atoms with Gasteiger partial charge in [-0.15, -0.1) is 0 Å². The minimum Gasteiger partial charge on any atom is -0.371 e. The normalized spacial score (nSPS) is 20.1. The standard InChI is InChI=1S/C79H90N4O4/c1-5-9-13-17-25-48(26-18-14-10-6-2)82-76(84)60-39-37-50-51-29-30-52-53-31-32-56-57-38-40-61-74-73(57)64(47-67(81-43-23-24-44-81)75(74)79(87)83(77(61)85)49(27-19-15-11-7-3)28-20-16-12-8-4)59-36-34-55(70(53)72(56)59)54-33-35-58(71(51)69(52)54)63-46-66(80-41-21-22-42-80)65(78(82)86)45-62(60)68(50)63/h29-32,34-40,46-49,52,54,69H,5-28,33,41-45H2,1-4H3. The Hall–Kier alpha value is -6.80. The Morgan fingerprint density at radius 1 is 0.494 bits per heavy atom. The quantitative estimate of drug-likeness (QED) is 0.0260. The molecule has 8 heteroatoms. The zero-order valence-corrected chi connectivity index (χ0v) is 52.5. The van der Waals surface area contributed by atoms with Crippen molar-refractivity contribution in [2.24, 2.45) is 0 Å². The Balaban J connectivity index is 0.874. The maximum absolute atomic E-state index is 15.7. The zero-order chi connectivity index (χ0) is 59.2. The van der Waals surface area contributed by atoms with E-state index >= 15 is 19.2 Å². The van der Waals surface area contributed by atoms with E-state index in [2.05, 4.69) is 116 Å². The topological polar surface area (TPSA) is 81.2 Å². The second-order valence-corrected chi connectivity index (χ2v) is 27.7. The molecule has 2 saturated heterocycles. The van der Waals surface area contributed by atoms with Gasteiger partial charge >= 0.3 is 0 Å². The van der Waals surface area contributed by atoms with Crippen molar-refractivity contribution < 1.29 is 19.2 Å². The molecule has 15 rings (SSSR count). The molecule has 0 radical (unpaired) electrons. The Morgan fingerprint density at radius 2 is 1.03 bits per heavy atom. The van der Waals surface area contributed by atoms with Gasteiger partial charge in [0.15, 0.2) is 0 Å². The Bertz CT molecular complexity index is 4150. The maximum Gasteiger partial charge on any atom is 0.263 e. The van der Waals surface area contributed by atoms with Crippen LogP contribution in [0.2, 0.25) is 0 Å². The molecule has 3 unspecified atom stereocenters. The first-order valence-electron chi connectivity index (χ1n) is 35.0. The summed E-state index contributed by atoms with van der Waals surface area (Å²) in [6.07, 6.45) is 37.0. The van der Waals surface area contributed by atoms with Crippen molar-refractivity contribution in [3.63, 3.8) is 0 Å². The van der Waals surface area contributed by atoms with E-state index in [0.717, 1.165) is 211 Å². The molecule has 4 aliphatic heterocycles. The third-order valence-electron chi connectivity index (χ3n) is 22.7. The van der Waals surface area contributed by atoms with Gasteiger partial charge in [0.05, 0.1) is 11.3 Å². The molecule has 0 spiro atoms. The summed E-state index contributed by atoms with van der Waals surface area (Å²) in [5, 5.41) is 14.1. The van der Waals surface area contributed by atoms with E-state index < -0.39 is 0 Å². The van der Waals surface area contributed by atoms with E-state index in [1.54, 1.807) is 9.80 Å². The van der Waals surface area contributed by atoms with Crippen LogP contribution in [0.25, 0.3) is 72.1 Å². The highest BCUT2D eigenvalue weighted by Gasteiger charge is 2.47. The highest BCUT2D eigenvalue weighted by Crippen LogP contribution is 2.59. The molecule has 4 amide bonds. The fourth-order valence-electron chi connectivity index (χ4n) is 18.5. The minimum absolute atomic E-state index is 0.0634. The molecular formula is C79H90N4O4. The lowest BCUT2D eigenvalue weighted by Gasteiger charge is -2.44. The summed E-state index contributed by atoms with van der Waals surface area (Å²) in [5.74, 6) is 0.213. The van der Waals surface area contributed by atoms with Crippen LogP contribution in [-0.4, -0.2) is 76.6 Å². The lowest BCUT2D eigenvalue weighted by Crippen LogP contribution is -2.47. The van der Waals surface area contributed by atoms with E-state index in [0.29, 0.717) is 17.5 Å². The van der Waals surface area contributed by atoms with Gasteiger partial charge in [-0.05, 0) is 175 Å². The zero-order valence-electron chi connectivity index (χ0n) is 52.5. The lowest BCUT2D eigenvalue weighted by atomic mass is 9.59. The molecule has 0 aromatic heterocycles. The third kappa shape index (κ3) is 8.99. The van der Waals surface area contributed by atoms with Crippen molar-refractivity contribution >= 4 is 101 Å². The van der Waals surface area contributed by atoms with Crippen LogP contribution in [0.15, 0.2) is 71.9 Å². The van der Waals surface area contributed by atoms with Gasteiger partial charge in [0.2, 0.25) is 0 Å². The van der Waals surface area contributed by atoms with E-state index in [9.17, 15) is 0 Å². The van der Waals surface area contributed by atoms with Crippen LogP contribution in [-0.2, 0) is 11.2 Å². The van der Waals surface area contributed by atoms with Gasteiger partial charge < -0.3 is 9.80 Å². The third-order valence-corrected chi connectivity index (χ3v) is 22.7. The number of benzene rings is 7. The summed E-state index contributed by atoms with van der Waals surface area (Å²) < 4.78 is 0. The first-order chi connectivity index (χ1) is 42.8. The molecule has 87 heavy (non-hydrogen) atoms. The molecule has 4 aliphatic carbocycles. The van der Waals surface area contributed by atoms with Gasteiger partial charge in [0, 0.05) is 84.3 Å². The second kappa shape index (κ2) is 23.3. The van der Waals surface area contributed by atoms with Crippen LogP contribution in [0.3, 0.4) is 0 Å². The van der Waals surface area contributed by atoms with Crippen molar-refractivity contribution in [3.05, 3.63) is 127 Å². The highest BCUT2D eigenvalue weighted by molar-refractivity contribution is 6.40. The molecule has 0 saturated carbocycles. The van der Waals surface area contributed by atoms with E-state index in [1.165, 1.54) is 90.7 Å². The second-order valence-electron chi connectivity index (χ2n) is 27.7. The minimum atomic E-state index is -0.115. The largest absolute Gasteiger partial charge is 0.371 e. The average Bonchev–Trinajstić information content (AvgIpc) is 1.06. The number of allylic oxidation sites excluding steroid dienone is 2. The summed E-state index contributed by atoms with van der Waals surface area (Å²) in [6.45, 7) is 12.6. The predicted molar refractivity (Wildman–Crippen MR) is 359 cm³/mol. The number of nitrogens with zero attached hydrogens (tertiary/aromatic N) is 4. The number of unbranched alkanes of at least 4 members (excludes halogenated alkanes) is 12. The van der Waals surface area contributed by atoms with Crippen LogP contribution >= 0.6 is 0 Å². The van der Waals surface area contributed by atoms with Crippen molar-refractivity contribution in [2.45, 2.75) is 224 Å². The monoisotopic (exact) mass is 1160 g/mol. The van der Waals surface area contributed by atoms with Gasteiger partial charge in [-0.25, -0.2) is 0 Å². The molecule has 0 N–H and O–H groups in total. The maximum atomic E-state index is 15.7. The first-order valence-corrected chi connectivity index (χ1v) is 35.0. The van der Waals surface area contributed by atoms with Crippen LogP contribution < -0.4 is 15.3 Å². The molecule has 4 heterocycles. The van der Waals surface area contributed by atoms with Gasteiger partial charge in [0.1, 0.15) is 0 Å². The van der Waals surface area contributed by atoms with Crippen molar-refractivity contribution in [2.75, 3.05) is 31.1 Å². The van der Waals surface area contributed by atoms with E-state index in [1.807, 2.05) is 0 Å². The van der Waals surface area contributed by atoms with Crippen LogP contribution in [0.4, 0.5) is 5.69 Å². The summed E-state index contributed by atoms with van der Waals surface area (Å²) >= 11 is 0. The molecule has 3 atom stereocenters. The lowest BCUT2D eigenvalue weighted by molar-refractivity contribution is -0.126. The summed E-state index contributed by atoms with van der Waals surface area (Å²) in [7, 11) is 0. The fraction of sp³-hybridized carbons (Fsp3) is 0.494. The van der Waals surface area contributed by atoms with Crippen LogP contribution in [0.5, 0.6) is 0 Å². The van der Waals surface area contributed by atoms with E-state index in [4.69, 9.17) is 0 Å². The number of amides is 4. The number of hydrogen-bond donors (Lipinski definition) is 0. The number of likely N-dealkylation sites (tertiary alicyclic amines) is 1. The first kappa shape index (κ1) is 56.7. The fourth-order valence-corrected chi connectivity index (χ4v) is 18.5. The SMILES string of the molecule is CCCCCCC(CCCCCC)N1C(=O)C2=C(N3CCCC3)C=c3c4c5c(c6ccc(c(c36)C2)C1=O)C=CC1c2ccc3c6ccc7c8c(c(N9CCCC9)cc(c9ccc(c2c39)C(CC=4)C51)c86)C(=O)N(C(CCCCCC)CCCCCC)C7=O. The summed E-state index contributed by atoms with van der Waals surface area (Å²) in [5.41, 5.74) is 11.5. The van der Waals surface area contributed by atoms with E-state index in [-0.39, 0.29) is 53.5 Å². The molecule has 7 aromatic carbocycles. The number of carbonyl (C=O) groups is 4. The number of fused-ring (bicyclic) bond motifs is 7. The van der Waals surface area contributed by atoms with Gasteiger partial charge in [-0.2, -0.15) is 0 Å². The molecule has 8 nitrogen and oxygen atoms in total. The van der Waals surface area contributed by atoms with Crippen molar-refractivity contribution in [1.29, 1.82) is 0 Å². The number of anilines is 1. The number of carbonyl (C=O) groups excluding carboxylic acids is 4. The molecule has 2 bridgehead atoms. The molecular weight excluding hydrogens is 1070 g/mol. The van der Waals surface area contributed by atoms with Gasteiger partial charge in [-0.1, -0.05) is 185 Å². The number of hydrogen-bond acceptors (Lipinski definition) is 6. The molecule has 450 valence electrons. The van der Waals surface area contributed by atoms with Crippen LogP contribution in [0.1, 0.15) is 265 Å². The Labute approximate surface area is 515 Å². The summed E-state index contributed by atoms with van der Waals surface area (Å²) in [6, 6.07) is 20.5. The average molecular weight is 1160 g/mol. The number of rotatable bonds is 24. The smallest absolute Gasteiger partial charge is 0.263 e. The van der Waals surface area contributed by atoms with Gasteiger partial charge in [-0.3, -0.25) is 29.0 Å².